The Bertz CT molecular complexity index is 300. The van der Waals surface area contributed by atoms with Crippen LogP contribution >= 0.6 is 0 Å². The number of hydrogen-bond donors (Lipinski definition) is 1. The molecule has 1 unspecified atom stereocenters. The van der Waals surface area contributed by atoms with Crippen LogP contribution in [-0.4, -0.2) is 0 Å². The third-order valence-electron chi connectivity index (χ3n) is 2.88. The first-order valence-electron chi connectivity index (χ1n) is 5.34. The van der Waals surface area contributed by atoms with Crippen molar-refractivity contribution in [3.63, 3.8) is 0 Å². The fourth-order valence-corrected chi connectivity index (χ4v) is 1.99. The molecule has 14 heavy (non-hydrogen) atoms. The molecule has 1 aromatic rings. The summed E-state index contributed by atoms with van der Waals surface area (Å²) in [5.74, 6) is 0. The van der Waals surface area contributed by atoms with E-state index in [4.69, 9.17) is 10.2 Å². The van der Waals surface area contributed by atoms with Crippen LogP contribution in [0.4, 0.5) is 0 Å². The largest absolute Gasteiger partial charge is 0.472 e. The van der Waals surface area contributed by atoms with E-state index in [1.54, 1.807) is 12.5 Å². The molecule has 1 aromatic heterocycles. The second kappa shape index (κ2) is 4.47. The Kier molecular flexibility index (Phi) is 3.04. The van der Waals surface area contributed by atoms with Gasteiger partial charge in [0.25, 0.3) is 0 Å². The minimum absolute atomic E-state index is 0.0480. The molecule has 1 aliphatic rings. The molecule has 0 fully saturated rings. The summed E-state index contributed by atoms with van der Waals surface area (Å²) in [6, 6.07) is 2.00. The average molecular weight is 191 g/mol. The molecule has 0 amide bonds. The second-order valence-electron chi connectivity index (χ2n) is 3.91. The van der Waals surface area contributed by atoms with Crippen molar-refractivity contribution in [3.05, 3.63) is 35.8 Å². The Morgan fingerprint density at radius 2 is 2.21 bits per heavy atom. The molecule has 0 radical (unpaired) electrons. The number of nitrogens with two attached hydrogens (primary N) is 1. The van der Waals surface area contributed by atoms with Crippen LogP contribution in [-0.2, 0) is 0 Å². The molecule has 0 spiro atoms. The predicted molar refractivity (Wildman–Crippen MR) is 56.8 cm³/mol. The lowest BCUT2D eigenvalue weighted by Crippen LogP contribution is -2.12. The van der Waals surface area contributed by atoms with Crippen molar-refractivity contribution in [2.75, 3.05) is 0 Å². The minimum Gasteiger partial charge on any atom is -0.472 e. The lowest BCUT2D eigenvalue weighted by molar-refractivity contribution is 0.560. The summed E-state index contributed by atoms with van der Waals surface area (Å²) >= 11 is 0. The summed E-state index contributed by atoms with van der Waals surface area (Å²) in [6.07, 6.45) is 12.0. The molecule has 2 nitrogen and oxygen atoms in total. The Labute approximate surface area is 84.8 Å². The maximum atomic E-state index is 6.16. The van der Waals surface area contributed by atoms with E-state index in [1.165, 1.54) is 31.3 Å². The smallest absolute Gasteiger partial charge is 0.0953 e. The molecule has 2 heteroatoms. The highest BCUT2D eigenvalue weighted by Crippen LogP contribution is 2.27. The van der Waals surface area contributed by atoms with E-state index >= 15 is 0 Å². The molecular weight excluding hydrogens is 174 g/mol. The van der Waals surface area contributed by atoms with E-state index in [2.05, 4.69) is 6.08 Å². The van der Waals surface area contributed by atoms with Crippen LogP contribution in [0, 0.1) is 0 Å². The minimum atomic E-state index is 0.0480. The summed E-state index contributed by atoms with van der Waals surface area (Å²) in [4.78, 5) is 0. The van der Waals surface area contributed by atoms with Crippen LogP contribution in [0.2, 0.25) is 0 Å². The van der Waals surface area contributed by atoms with E-state index in [0.29, 0.717) is 0 Å². The Balaban J connectivity index is 2.10. The molecule has 0 saturated carbocycles. The Morgan fingerprint density at radius 3 is 3.00 bits per heavy atom. The summed E-state index contributed by atoms with van der Waals surface area (Å²) in [5, 5.41) is 0. The Morgan fingerprint density at radius 1 is 1.29 bits per heavy atom. The highest BCUT2D eigenvalue weighted by molar-refractivity contribution is 5.24. The number of allylic oxidation sites excluding steroid dienone is 1. The number of hydrogen-bond acceptors (Lipinski definition) is 2. The van der Waals surface area contributed by atoms with Crippen LogP contribution in [0.25, 0.3) is 0 Å². The van der Waals surface area contributed by atoms with Gasteiger partial charge in [-0.15, -0.1) is 0 Å². The van der Waals surface area contributed by atoms with Crippen molar-refractivity contribution in [1.82, 2.24) is 0 Å². The second-order valence-corrected chi connectivity index (χ2v) is 3.91. The van der Waals surface area contributed by atoms with Crippen molar-refractivity contribution in [1.29, 1.82) is 0 Å². The molecule has 0 aromatic carbocycles. The molecular formula is C12H17NO. The first-order valence-corrected chi connectivity index (χ1v) is 5.34. The highest BCUT2D eigenvalue weighted by atomic mass is 16.3. The first-order chi connectivity index (χ1) is 6.88. The quantitative estimate of drug-likeness (QED) is 0.729. The standard InChI is InChI=1S/C12H17NO/c13-12(11-7-8-14-9-11)10-5-3-1-2-4-6-10/h5,7-9,12H,1-4,6,13H2. The monoisotopic (exact) mass is 191 g/mol. The fourth-order valence-electron chi connectivity index (χ4n) is 1.99. The van der Waals surface area contributed by atoms with Crippen LogP contribution < -0.4 is 5.73 Å². The third kappa shape index (κ3) is 2.07. The van der Waals surface area contributed by atoms with E-state index < -0.39 is 0 Å². The zero-order valence-corrected chi connectivity index (χ0v) is 8.41. The van der Waals surface area contributed by atoms with Gasteiger partial charge in [0.1, 0.15) is 0 Å². The average Bonchev–Trinajstić information content (AvgIpc) is 2.59. The topological polar surface area (TPSA) is 39.2 Å². The van der Waals surface area contributed by atoms with Crippen LogP contribution in [0.5, 0.6) is 0 Å². The van der Waals surface area contributed by atoms with Gasteiger partial charge in [0, 0.05) is 5.56 Å². The van der Waals surface area contributed by atoms with Gasteiger partial charge in [0.2, 0.25) is 0 Å². The molecule has 1 heterocycles. The van der Waals surface area contributed by atoms with Gasteiger partial charge in [-0.3, -0.25) is 0 Å². The summed E-state index contributed by atoms with van der Waals surface area (Å²) < 4.78 is 5.05. The predicted octanol–water partition coefficient (Wildman–Crippen LogP) is 3.17. The van der Waals surface area contributed by atoms with Gasteiger partial charge in [0.05, 0.1) is 18.6 Å². The molecule has 2 N–H and O–H groups in total. The fraction of sp³-hybridized carbons (Fsp3) is 0.500. The van der Waals surface area contributed by atoms with Gasteiger partial charge < -0.3 is 10.2 Å². The highest BCUT2D eigenvalue weighted by Gasteiger charge is 2.13. The van der Waals surface area contributed by atoms with Gasteiger partial charge >= 0.3 is 0 Å². The Hall–Kier alpha value is -1.02. The normalized spacial score (nSPS) is 19.9. The maximum absolute atomic E-state index is 6.16. The van der Waals surface area contributed by atoms with Crippen LogP contribution in [0.15, 0.2) is 34.7 Å². The van der Waals surface area contributed by atoms with Crippen molar-refractivity contribution in [3.8, 4) is 0 Å². The van der Waals surface area contributed by atoms with Gasteiger partial charge in [-0.1, -0.05) is 18.1 Å². The van der Waals surface area contributed by atoms with Crippen molar-refractivity contribution >= 4 is 0 Å². The van der Waals surface area contributed by atoms with Gasteiger partial charge in [-0.05, 0) is 31.7 Å². The number of rotatable bonds is 2. The van der Waals surface area contributed by atoms with Crippen LogP contribution in [0.1, 0.15) is 43.7 Å². The molecule has 0 bridgehead atoms. The summed E-state index contributed by atoms with van der Waals surface area (Å²) in [7, 11) is 0. The maximum Gasteiger partial charge on any atom is 0.0953 e. The molecule has 76 valence electrons. The van der Waals surface area contributed by atoms with E-state index in [1.807, 2.05) is 6.07 Å². The summed E-state index contributed by atoms with van der Waals surface area (Å²) in [6.45, 7) is 0. The zero-order chi connectivity index (χ0) is 9.80. The molecule has 1 aliphatic carbocycles. The lowest BCUT2D eigenvalue weighted by Gasteiger charge is -2.12. The zero-order valence-electron chi connectivity index (χ0n) is 8.41. The van der Waals surface area contributed by atoms with E-state index in [9.17, 15) is 0 Å². The van der Waals surface area contributed by atoms with Gasteiger partial charge in [0.15, 0.2) is 0 Å². The van der Waals surface area contributed by atoms with Gasteiger partial charge in [-0.25, -0.2) is 0 Å². The van der Waals surface area contributed by atoms with Crippen molar-refractivity contribution in [2.45, 2.75) is 38.1 Å². The SMILES string of the molecule is NC(C1=CCCCCC1)c1ccoc1. The van der Waals surface area contributed by atoms with Crippen LogP contribution in [0.3, 0.4) is 0 Å². The molecule has 0 aliphatic heterocycles. The van der Waals surface area contributed by atoms with E-state index in [0.717, 1.165) is 12.0 Å². The van der Waals surface area contributed by atoms with Crippen molar-refractivity contribution in [2.24, 2.45) is 5.73 Å². The molecule has 2 rings (SSSR count). The molecule has 0 saturated heterocycles. The summed E-state index contributed by atoms with van der Waals surface area (Å²) in [5.41, 5.74) is 8.63. The first kappa shape index (κ1) is 9.53. The number of furan rings is 1. The van der Waals surface area contributed by atoms with Crippen molar-refractivity contribution < 1.29 is 4.42 Å². The lowest BCUT2D eigenvalue weighted by atomic mass is 9.98. The molecule has 1 atom stereocenters. The van der Waals surface area contributed by atoms with Gasteiger partial charge in [-0.2, -0.15) is 0 Å². The third-order valence-corrected chi connectivity index (χ3v) is 2.88. The van der Waals surface area contributed by atoms with E-state index in [-0.39, 0.29) is 6.04 Å².